The molecule has 0 saturated heterocycles. The Kier molecular flexibility index (Phi) is 5.92. The maximum Gasteiger partial charge on any atom is 0.339 e. The van der Waals surface area contributed by atoms with Crippen LogP contribution in [0.25, 0.3) is 11.0 Å². The lowest BCUT2D eigenvalue weighted by Gasteiger charge is -2.02. The van der Waals surface area contributed by atoms with E-state index in [1.54, 1.807) is 12.1 Å². The van der Waals surface area contributed by atoms with Crippen molar-refractivity contribution in [3.05, 3.63) is 84.2 Å². The van der Waals surface area contributed by atoms with Crippen molar-refractivity contribution in [3.63, 3.8) is 0 Å². The van der Waals surface area contributed by atoms with Crippen molar-refractivity contribution in [2.45, 2.75) is 0 Å². The van der Waals surface area contributed by atoms with Gasteiger partial charge in [0.25, 0.3) is 11.4 Å². The Morgan fingerprint density at radius 3 is 2.39 bits per heavy atom. The Hall–Kier alpha value is -4.72. The number of hydrogen-bond donors (Lipinski definition) is 0. The summed E-state index contributed by atoms with van der Waals surface area (Å²) in [7, 11) is 1.48. The summed E-state index contributed by atoms with van der Waals surface area (Å²) in [6, 6.07) is 7.11. The summed E-state index contributed by atoms with van der Waals surface area (Å²) in [5.41, 5.74) is -1.68. The lowest BCUT2D eigenvalue weighted by Crippen LogP contribution is -2.08. The Labute approximate surface area is 173 Å². The van der Waals surface area contributed by atoms with E-state index in [0.29, 0.717) is 11.3 Å². The van der Waals surface area contributed by atoms with E-state index in [2.05, 4.69) is 11.8 Å². The standard InChI is InChI=1S/C20H12N2O9/c1-29-16-4-5-17-18(10-16)31-11-12(19(17)23)3-2-6-30-20(24)13-7-14(21(25)26)9-15(8-13)22(27)28/h4-5,7-11H,6H2,1H3. The van der Waals surface area contributed by atoms with Crippen molar-refractivity contribution in [2.24, 2.45) is 0 Å². The van der Waals surface area contributed by atoms with Crippen molar-refractivity contribution in [3.8, 4) is 17.6 Å². The number of nitro benzene ring substituents is 2. The minimum Gasteiger partial charge on any atom is -0.497 e. The second-order valence-corrected chi connectivity index (χ2v) is 5.97. The molecule has 0 fully saturated rings. The number of hydrogen-bond acceptors (Lipinski definition) is 9. The molecule has 3 rings (SSSR count). The SMILES string of the molecule is COc1ccc2c(=O)c(C#CCOC(=O)c3cc([N+](=O)[O-])cc([N+](=O)[O-])c3)coc2c1. The fourth-order valence-corrected chi connectivity index (χ4v) is 2.56. The lowest BCUT2D eigenvalue weighted by atomic mass is 10.1. The van der Waals surface area contributed by atoms with Crippen LogP contribution < -0.4 is 10.2 Å². The van der Waals surface area contributed by atoms with Crippen LogP contribution in [0.4, 0.5) is 11.4 Å². The molecule has 1 heterocycles. The number of carbonyl (C=O) groups is 1. The van der Waals surface area contributed by atoms with Gasteiger partial charge in [-0.1, -0.05) is 11.8 Å². The molecular weight excluding hydrogens is 412 g/mol. The molecule has 0 saturated carbocycles. The summed E-state index contributed by atoms with van der Waals surface area (Å²) >= 11 is 0. The fraction of sp³-hybridized carbons (Fsp3) is 0.100. The summed E-state index contributed by atoms with van der Waals surface area (Å²) < 4.78 is 15.3. The number of benzene rings is 2. The van der Waals surface area contributed by atoms with Crippen molar-refractivity contribution in [1.29, 1.82) is 0 Å². The molecule has 156 valence electrons. The second kappa shape index (κ2) is 8.75. The Morgan fingerprint density at radius 1 is 1.10 bits per heavy atom. The number of ether oxygens (including phenoxy) is 2. The molecule has 11 heteroatoms. The van der Waals surface area contributed by atoms with Crippen LogP contribution in [-0.2, 0) is 4.74 Å². The summed E-state index contributed by atoms with van der Waals surface area (Å²) in [4.78, 5) is 44.6. The first kappa shape index (κ1) is 21.0. The van der Waals surface area contributed by atoms with Gasteiger partial charge in [-0.15, -0.1) is 0 Å². The smallest absolute Gasteiger partial charge is 0.339 e. The van der Waals surface area contributed by atoms with Crippen LogP contribution in [0.5, 0.6) is 5.75 Å². The molecule has 0 N–H and O–H groups in total. The highest BCUT2D eigenvalue weighted by molar-refractivity contribution is 5.91. The number of nitrogens with zero attached hydrogens (tertiary/aromatic N) is 2. The number of rotatable bonds is 5. The number of methoxy groups -OCH3 is 1. The molecule has 3 aromatic rings. The molecule has 0 atom stereocenters. The highest BCUT2D eigenvalue weighted by Crippen LogP contribution is 2.23. The van der Waals surface area contributed by atoms with Gasteiger partial charge in [0.2, 0.25) is 5.43 Å². The molecule has 0 spiro atoms. The molecule has 0 amide bonds. The van der Waals surface area contributed by atoms with E-state index >= 15 is 0 Å². The average molecular weight is 424 g/mol. The molecule has 2 aromatic carbocycles. The van der Waals surface area contributed by atoms with E-state index < -0.39 is 39.2 Å². The van der Waals surface area contributed by atoms with Crippen molar-refractivity contribution in [1.82, 2.24) is 0 Å². The fourth-order valence-electron chi connectivity index (χ4n) is 2.56. The number of nitro groups is 2. The largest absolute Gasteiger partial charge is 0.497 e. The van der Waals surface area contributed by atoms with Gasteiger partial charge in [-0.05, 0) is 12.1 Å². The van der Waals surface area contributed by atoms with Crippen LogP contribution in [0.2, 0.25) is 0 Å². The van der Waals surface area contributed by atoms with Gasteiger partial charge in [0.15, 0.2) is 6.61 Å². The normalized spacial score (nSPS) is 10.1. The third-order valence-electron chi connectivity index (χ3n) is 4.04. The molecule has 0 unspecified atom stereocenters. The van der Waals surface area contributed by atoms with E-state index in [1.807, 2.05) is 0 Å². The third-order valence-corrected chi connectivity index (χ3v) is 4.04. The van der Waals surface area contributed by atoms with E-state index in [4.69, 9.17) is 13.9 Å². The zero-order valence-corrected chi connectivity index (χ0v) is 15.8. The predicted octanol–water partition coefficient (Wildman–Crippen LogP) is 2.83. The molecular formula is C20H12N2O9. The molecule has 0 radical (unpaired) electrons. The van der Waals surface area contributed by atoms with Gasteiger partial charge in [-0.3, -0.25) is 25.0 Å². The molecule has 0 aliphatic carbocycles. The van der Waals surface area contributed by atoms with Gasteiger partial charge in [-0.2, -0.15) is 0 Å². The average Bonchev–Trinajstić information content (AvgIpc) is 2.77. The first-order valence-electron chi connectivity index (χ1n) is 8.49. The molecule has 0 bridgehead atoms. The first-order valence-corrected chi connectivity index (χ1v) is 8.49. The highest BCUT2D eigenvalue weighted by atomic mass is 16.6. The quantitative estimate of drug-likeness (QED) is 0.260. The molecule has 0 aliphatic rings. The van der Waals surface area contributed by atoms with E-state index in [-0.39, 0.29) is 16.5 Å². The van der Waals surface area contributed by atoms with E-state index in [1.165, 1.54) is 13.2 Å². The van der Waals surface area contributed by atoms with Crippen LogP contribution in [0, 0.1) is 32.1 Å². The Bertz CT molecular complexity index is 1300. The van der Waals surface area contributed by atoms with Crippen molar-refractivity contribution >= 4 is 28.3 Å². The second-order valence-electron chi connectivity index (χ2n) is 5.97. The van der Waals surface area contributed by atoms with Gasteiger partial charge < -0.3 is 13.9 Å². The topological polar surface area (TPSA) is 152 Å². The van der Waals surface area contributed by atoms with Gasteiger partial charge in [0.05, 0.1) is 34.0 Å². The lowest BCUT2D eigenvalue weighted by molar-refractivity contribution is -0.394. The van der Waals surface area contributed by atoms with Crippen LogP contribution in [0.3, 0.4) is 0 Å². The van der Waals surface area contributed by atoms with Crippen LogP contribution in [0.1, 0.15) is 15.9 Å². The first-order chi connectivity index (χ1) is 14.8. The molecule has 11 nitrogen and oxygen atoms in total. The van der Waals surface area contributed by atoms with Crippen molar-refractivity contribution < 1.29 is 28.5 Å². The van der Waals surface area contributed by atoms with Crippen LogP contribution in [0.15, 0.2) is 51.9 Å². The summed E-state index contributed by atoms with van der Waals surface area (Å²) in [6.07, 6.45) is 1.16. The number of carbonyl (C=O) groups excluding carboxylic acids is 1. The summed E-state index contributed by atoms with van der Waals surface area (Å²) in [5, 5.41) is 22.1. The van der Waals surface area contributed by atoms with E-state index in [9.17, 15) is 29.8 Å². The molecule has 31 heavy (non-hydrogen) atoms. The Balaban J connectivity index is 1.76. The number of fused-ring (bicyclic) bond motifs is 1. The van der Waals surface area contributed by atoms with Crippen LogP contribution in [-0.4, -0.2) is 29.5 Å². The maximum atomic E-state index is 12.4. The summed E-state index contributed by atoms with van der Waals surface area (Å²) in [5.74, 6) is 4.45. The number of esters is 1. The zero-order chi connectivity index (χ0) is 22.5. The van der Waals surface area contributed by atoms with Gasteiger partial charge >= 0.3 is 5.97 Å². The monoisotopic (exact) mass is 424 g/mol. The Morgan fingerprint density at radius 2 is 1.77 bits per heavy atom. The van der Waals surface area contributed by atoms with E-state index in [0.717, 1.165) is 24.5 Å². The van der Waals surface area contributed by atoms with Gasteiger partial charge in [0.1, 0.15) is 23.2 Å². The third kappa shape index (κ3) is 4.65. The predicted molar refractivity (Wildman–Crippen MR) is 106 cm³/mol. The minimum atomic E-state index is -1.04. The van der Waals surface area contributed by atoms with Gasteiger partial charge in [0, 0.05) is 18.2 Å². The highest BCUT2D eigenvalue weighted by Gasteiger charge is 2.20. The van der Waals surface area contributed by atoms with Crippen molar-refractivity contribution in [2.75, 3.05) is 13.7 Å². The maximum absolute atomic E-state index is 12.4. The van der Waals surface area contributed by atoms with Gasteiger partial charge in [-0.25, -0.2) is 4.79 Å². The minimum absolute atomic E-state index is 0.0275. The molecule has 1 aromatic heterocycles. The molecule has 0 aliphatic heterocycles. The van der Waals surface area contributed by atoms with Crippen LogP contribution >= 0.6 is 0 Å². The number of non-ortho nitro benzene ring substituents is 2. The summed E-state index contributed by atoms with van der Waals surface area (Å²) in [6.45, 7) is -0.463. The zero-order valence-electron chi connectivity index (χ0n) is 15.8.